The predicted molar refractivity (Wildman–Crippen MR) is 57.2 cm³/mol. The molecule has 0 aromatic carbocycles. The fraction of sp³-hybridized carbons (Fsp3) is 0.417. The van der Waals surface area contributed by atoms with Crippen LogP contribution in [0, 0.1) is 11.3 Å². The molecule has 0 atom stereocenters. The van der Waals surface area contributed by atoms with Gasteiger partial charge in [-0.15, -0.1) is 0 Å². The summed E-state index contributed by atoms with van der Waals surface area (Å²) in [6.45, 7) is 4.10. The standard InChI is InChI=1S/C12H17N/c1-3-5-7-8-10-12(11-13)9-6-4-2/h4,6,8-10H,3,5,7H2,1-2H3. The zero-order valence-corrected chi connectivity index (χ0v) is 8.46. The van der Waals surface area contributed by atoms with E-state index >= 15 is 0 Å². The lowest BCUT2D eigenvalue weighted by atomic mass is 10.2. The Morgan fingerprint density at radius 3 is 2.77 bits per heavy atom. The Bertz CT molecular complexity index is 238. The normalized spacial score (nSPS) is 12.5. The fourth-order valence-electron chi connectivity index (χ4n) is 0.862. The molecule has 0 aromatic rings. The van der Waals surface area contributed by atoms with E-state index in [1.165, 1.54) is 12.8 Å². The van der Waals surface area contributed by atoms with Crippen molar-refractivity contribution in [1.29, 1.82) is 5.26 Å². The molecule has 0 aliphatic heterocycles. The Morgan fingerprint density at radius 1 is 1.46 bits per heavy atom. The van der Waals surface area contributed by atoms with Crippen LogP contribution in [0.5, 0.6) is 0 Å². The minimum Gasteiger partial charge on any atom is -0.192 e. The van der Waals surface area contributed by atoms with Crippen LogP contribution in [-0.2, 0) is 0 Å². The van der Waals surface area contributed by atoms with Gasteiger partial charge in [0.15, 0.2) is 0 Å². The van der Waals surface area contributed by atoms with E-state index in [1.54, 1.807) is 0 Å². The summed E-state index contributed by atoms with van der Waals surface area (Å²) in [5.41, 5.74) is 0.717. The third-order valence-electron chi connectivity index (χ3n) is 1.62. The van der Waals surface area contributed by atoms with E-state index in [2.05, 4.69) is 19.1 Å². The van der Waals surface area contributed by atoms with Crippen LogP contribution in [-0.4, -0.2) is 0 Å². The highest BCUT2D eigenvalue weighted by Gasteiger charge is 1.84. The highest BCUT2D eigenvalue weighted by atomic mass is 14.2. The molecule has 13 heavy (non-hydrogen) atoms. The first-order valence-electron chi connectivity index (χ1n) is 4.74. The number of rotatable bonds is 5. The van der Waals surface area contributed by atoms with Gasteiger partial charge in [-0.1, -0.05) is 38.0 Å². The molecule has 0 aliphatic rings. The van der Waals surface area contributed by atoms with Gasteiger partial charge in [-0.3, -0.25) is 0 Å². The van der Waals surface area contributed by atoms with Gasteiger partial charge in [-0.05, 0) is 25.5 Å². The van der Waals surface area contributed by atoms with Crippen LogP contribution >= 0.6 is 0 Å². The van der Waals surface area contributed by atoms with Crippen LogP contribution in [0.15, 0.2) is 36.0 Å². The lowest BCUT2D eigenvalue weighted by molar-refractivity contribution is 0.814. The first-order chi connectivity index (χ1) is 6.35. The summed E-state index contributed by atoms with van der Waals surface area (Å²) in [4.78, 5) is 0. The van der Waals surface area contributed by atoms with Crippen LogP contribution in [0.4, 0.5) is 0 Å². The second kappa shape index (κ2) is 8.80. The van der Waals surface area contributed by atoms with Crippen molar-refractivity contribution in [3.8, 4) is 6.07 Å². The molecular formula is C12H17N. The van der Waals surface area contributed by atoms with Crippen molar-refractivity contribution in [3.05, 3.63) is 36.0 Å². The Balaban J connectivity index is 3.99. The van der Waals surface area contributed by atoms with Gasteiger partial charge in [0, 0.05) is 0 Å². The molecular weight excluding hydrogens is 158 g/mol. The average Bonchev–Trinajstić information content (AvgIpc) is 2.17. The summed E-state index contributed by atoms with van der Waals surface area (Å²) in [7, 11) is 0. The first-order valence-corrected chi connectivity index (χ1v) is 4.74. The molecule has 1 nitrogen and oxygen atoms in total. The maximum Gasteiger partial charge on any atom is 0.0991 e. The Kier molecular flexibility index (Phi) is 7.93. The highest BCUT2D eigenvalue weighted by molar-refractivity contribution is 5.35. The molecule has 0 radical (unpaired) electrons. The van der Waals surface area contributed by atoms with Gasteiger partial charge in [0.25, 0.3) is 0 Å². The summed E-state index contributed by atoms with van der Waals surface area (Å²) in [6.07, 6.45) is 13.0. The zero-order valence-electron chi connectivity index (χ0n) is 8.46. The molecule has 0 saturated carbocycles. The maximum atomic E-state index is 8.71. The van der Waals surface area contributed by atoms with Crippen LogP contribution in [0.2, 0.25) is 0 Å². The number of nitrogens with zero attached hydrogens (tertiary/aromatic N) is 1. The van der Waals surface area contributed by atoms with Crippen molar-refractivity contribution < 1.29 is 0 Å². The van der Waals surface area contributed by atoms with E-state index < -0.39 is 0 Å². The molecule has 0 N–H and O–H groups in total. The molecule has 70 valence electrons. The van der Waals surface area contributed by atoms with Crippen molar-refractivity contribution in [1.82, 2.24) is 0 Å². The van der Waals surface area contributed by atoms with E-state index in [9.17, 15) is 0 Å². The van der Waals surface area contributed by atoms with Crippen molar-refractivity contribution in [2.45, 2.75) is 33.1 Å². The third-order valence-corrected chi connectivity index (χ3v) is 1.62. The summed E-state index contributed by atoms with van der Waals surface area (Å²) in [5.74, 6) is 0. The fourth-order valence-corrected chi connectivity index (χ4v) is 0.862. The van der Waals surface area contributed by atoms with E-state index in [4.69, 9.17) is 5.26 Å². The highest BCUT2D eigenvalue weighted by Crippen LogP contribution is 2.00. The number of hydrogen-bond acceptors (Lipinski definition) is 1. The van der Waals surface area contributed by atoms with Crippen LogP contribution in [0.1, 0.15) is 33.1 Å². The topological polar surface area (TPSA) is 23.8 Å². The Morgan fingerprint density at radius 2 is 2.23 bits per heavy atom. The molecule has 0 bridgehead atoms. The minimum absolute atomic E-state index is 0.717. The van der Waals surface area contributed by atoms with E-state index in [-0.39, 0.29) is 0 Å². The van der Waals surface area contributed by atoms with Gasteiger partial charge in [-0.25, -0.2) is 0 Å². The zero-order chi connectivity index (χ0) is 9.94. The maximum absolute atomic E-state index is 8.71. The van der Waals surface area contributed by atoms with E-state index in [0.29, 0.717) is 5.57 Å². The predicted octanol–water partition coefficient (Wildman–Crippen LogP) is 3.76. The quantitative estimate of drug-likeness (QED) is 0.354. The van der Waals surface area contributed by atoms with Crippen LogP contribution in [0.25, 0.3) is 0 Å². The molecule has 0 amide bonds. The largest absolute Gasteiger partial charge is 0.192 e. The number of allylic oxidation sites excluding steroid dienone is 6. The van der Waals surface area contributed by atoms with Gasteiger partial charge < -0.3 is 0 Å². The lowest BCUT2D eigenvalue weighted by Crippen LogP contribution is -1.71. The molecule has 0 spiro atoms. The molecule has 0 heterocycles. The first kappa shape index (κ1) is 11.7. The molecule has 0 aliphatic carbocycles. The molecule has 0 saturated heterocycles. The van der Waals surface area contributed by atoms with Crippen molar-refractivity contribution in [2.24, 2.45) is 0 Å². The van der Waals surface area contributed by atoms with Crippen LogP contribution in [0.3, 0.4) is 0 Å². The Hall–Kier alpha value is -1.29. The van der Waals surface area contributed by atoms with Crippen molar-refractivity contribution in [2.75, 3.05) is 0 Å². The number of hydrogen-bond donors (Lipinski definition) is 0. The van der Waals surface area contributed by atoms with E-state index in [1.807, 2.05) is 31.2 Å². The molecule has 1 heteroatoms. The van der Waals surface area contributed by atoms with Crippen LogP contribution < -0.4 is 0 Å². The Labute approximate surface area is 81.1 Å². The van der Waals surface area contributed by atoms with E-state index in [0.717, 1.165) is 6.42 Å². The molecule has 0 fully saturated rings. The summed E-state index contributed by atoms with van der Waals surface area (Å²) in [6, 6.07) is 2.14. The second-order valence-electron chi connectivity index (χ2n) is 2.80. The van der Waals surface area contributed by atoms with Gasteiger partial charge in [0.2, 0.25) is 0 Å². The van der Waals surface area contributed by atoms with Crippen molar-refractivity contribution in [3.63, 3.8) is 0 Å². The number of unbranched alkanes of at least 4 members (excludes halogenated alkanes) is 2. The minimum atomic E-state index is 0.717. The van der Waals surface area contributed by atoms with Crippen molar-refractivity contribution >= 4 is 0 Å². The summed E-state index contributed by atoms with van der Waals surface area (Å²) in [5, 5.41) is 8.71. The third kappa shape index (κ3) is 7.08. The SMILES string of the molecule is CC=CC=C(C#N)C=CCCCC. The van der Waals surface area contributed by atoms with Gasteiger partial charge in [0.1, 0.15) is 0 Å². The van der Waals surface area contributed by atoms with Gasteiger partial charge in [0.05, 0.1) is 11.6 Å². The lowest BCUT2D eigenvalue weighted by Gasteiger charge is -1.88. The molecule has 0 rings (SSSR count). The monoisotopic (exact) mass is 175 g/mol. The smallest absolute Gasteiger partial charge is 0.0991 e. The summed E-state index contributed by atoms with van der Waals surface area (Å²) < 4.78 is 0. The average molecular weight is 175 g/mol. The number of nitriles is 1. The molecule has 0 unspecified atom stereocenters. The second-order valence-corrected chi connectivity index (χ2v) is 2.80. The van der Waals surface area contributed by atoms with Gasteiger partial charge in [-0.2, -0.15) is 5.26 Å². The van der Waals surface area contributed by atoms with Gasteiger partial charge >= 0.3 is 0 Å². The summed E-state index contributed by atoms with van der Waals surface area (Å²) >= 11 is 0. The molecule has 0 aromatic heterocycles.